The molecule has 1 heteroatoms. The summed E-state index contributed by atoms with van der Waals surface area (Å²) in [6.45, 7) is 13.9. The minimum absolute atomic E-state index is 1.19. The molecular formula is C30H46S. The van der Waals surface area contributed by atoms with E-state index in [9.17, 15) is 0 Å². The van der Waals surface area contributed by atoms with Crippen LogP contribution in [-0.4, -0.2) is 0 Å². The summed E-state index contributed by atoms with van der Waals surface area (Å²) in [6, 6.07) is 10.1. The van der Waals surface area contributed by atoms with E-state index in [0.717, 1.165) is 0 Å². The fourth-order valence-corrected chi connectivity index (χ4v) is 6.12. The maximum absolute atomic E-state index is 2.53. The smallest absolute Gasteiger partial charge is 0.0159 e. The van der Waals surface area contributed by atoms with E-state index in [0.29, 0.717) is 0 Å². The summed E-state index contributed by atoms with van der Waals surface area (Å²) >= 11 is 2.08. The molecule has 0 bridgehead atoms. The Bertz CT molecular complexity index is 735. The largest absolute Gasteiger partial charge is 0.0895 e. The Morgan fingerprint density at radius 3 is 1.13 bits per heavy atom. The van der Waals surface area contributed by atoms with E-state index >= 15 is 0 Å². The molecule has 0 aliphatic rings. The molecular weight excluding hydrogens is 392 g/mol. The number of hydrogen-bond acceptors (Lipinski definition) is 1. The highest BCUT2D eigenvalue weighted by molar-refractivity contribution is 7.99. The van der Waals surface area contributed by atoms with Crippen molar-refractivity contribution in [3.05, 3.63) is 57.6 Å². The fraction of sp³-hybridized carbons (Fsp3) is 0.600. The van der Waals surface area contributed by atoms with Crippen molar-refractivity contribution in [3.8, 4) is 0 Å². The molecule has 0 radical (unpaired) electrons. The van der Waals surface area contributed by atoms with E-state index < -0.39 is 0 Å². The van der Waals surface area contributed by atoms with Gasteiger partial charge in [0.2, 0.25) is 0 Å². The van der Waals surface area contributed by atoms with Crippen LogP contribution in [0.25, 0.3) is 0 Å². The Morgan fingerprint density at radius 1 is 0.452 bits per heavy atom. The summed E-state index contributed by atoms with van der Waals surface area (Å²) in [7, 11) is 0. The van der Waals surface area contributed by atoms with Crippen LogP contribution in [0.3, 0.4) is 0 Å². The second-order valence-corrected chi connectivity index (χ2v) is 10.1. The lowest BCUT2D eigenvalue weighted by Crippen LogP contribution is -2.02. The molecule has 0 unspecified atom stereocenters. The van der Waals surface area contributed by atoms with E-state index in [-0.39, 0.29) is 0 Å². The van der Waals surface area contributed by atoms with Crippen LogP contribution in [0.2, 0.25) is 0 Å². The van der Waals surface area contributed by atoms with Crippen LogP contribution in [0.1, 0.15) is 113 Å². The molecule has 0 aliphatic carbocycles. The first-order chi connectivity index (χ1) is 15.1. The first-order valence-electron chi connectivity index (χ1n) is 13.1. The van der Waals surface area contributed by atoms with Gasteiger partial charge in [-0.1, -0.05) is 104 Å². The van der Waals surface area contributed by atoms with Gasteiger partial charge in [-0.05, 0) is 84.0 Å². The van der Waals surface area contributed by atoms with Crippen LogP contribution in [0, 0.1) is 0 Å². The number of aryl methyl sites for hydroxylation is 4. The molecule has 0 N–H and O–H groups in total. The molecule has 0 nitrogen and oxygen atoms in total. The lowest BCUT2D eigenvalue weighted by molar-refractivity contribution is 0.825. The first-order valence-corrected chi connectivity index (χ1v) is 13.9. The summed E-state index contributed by atoms with van der Waals surface area (Å²) < 4.78 is 0. The Kier molecular flexibility index (Phi) is 11.8. The predicted octanol–water partition coefficient (Wildman–Crippen LogP) is 9.55. The summed E-state index contributed by atoms with van der Waals surface area (Å²) in [5.41, 5.74) is 9.51. The molecule has 172 valence electrons. The quantitative estimate of drug-likeness (QED) is 0.283. The minimum Gasteiger partial charge on any atom is -0.0895 e. The van der Waals surface area contributed by atoms with Gasteiger partial charge in [-0.3, -0.25) is 0 Å². The van der Waals surface area contributed by atoms with Gasteiger partial charge in [-0.15, -0.1) is 0 Å². The van der Waals surface area contributed by atoms with Crippen molar-refractivity contribution in [1.29, 1.82) is 0 Å². The predicted molar refractivity (Wildman–Crippen MR) is 141 cm³/mol. The van der Waals surface area contributed by atoms with Crippen LogP contribution < -0.4 is 0 Å². The van der Waals surface area contributed by atoms with Crippen LogP contribution in [0.4, 0.5) is 0 Å². The van der Waals surface area contributed by atoms with Gasteiger partial charge in [0.05, 0.1) is 0 Å². The van der Waals surface area contributed by atoms with Crippen molar-refractivity contribution in [2.45, 2.75) is 128 Å². The monoisotopic (exact) mass is 438 g/mol. The summed E-state index contributed by atoms with van der Waals surface area (Å²) in [5, 5.41) is 0. The summed E-state index contributed by atoms with van der Waals surface area (Å²) in [6.07, 6.45) is 14.5. The van der Waals surface area contributed by atoms with E-state index in [1.54, 1.807) is 22.3 Å². The molecule has 0 aliphatic heterocycles. The topological polar surface area (TPSA) is 0 Å². The van der Waals surface area contributed by atoms with Gasteiger partial charge in [0.15, 0.2) is 0 Å². The van der Waals surface area contributed by atoms with E-state index in [1.165, 1.54) is 98.0 Å². The van der Waals surface area contributed by atoms with Crippen molar-refractivity contribution >= 4 is 11.8 Å². The molecule has 2 rings (SSSR count). The lowest BCUT2D eigenvalue weighted by atomic mass is 9.95. The molecule has 0 amide bonds. The maximum Gasteiger partial charge on any atom is 0.0159 e. The zero-order chi connectivity index (χ0) is 22.6. The molecule has 0 fully saturated rings. The Morgan fingerprint density at radius 2 is 0.806 bits per heavy atom. The zero-order valence-electron chi connectivity index (χ0n) is 21.2. The number of rotatable bonds is 14. The number of hydrogen-bond donors (Lipinski definition) is 0. The molecule has 0 aromatic heterocycles. The molecule has 2 aromatic rings. The van der Waals surface area contributed by atoms with Crippen molar-refractivity contribution in [2.75, 3.05) is 0 Å². The lowest BCUT2D eigenvalue weighted by Gasteiger charge is -2.20. The molecule has 0 saturated carbocycles. The van der Waals surface area contributed by atoms with Gasteiger partial charge in [-0.25, -0.2) is 0 Å². The first kappa shape index (κ1) is 26.0. The minimum atomic E-state index is 1.19. The van der Waals surface area contributed by atoms with Gasteiger partial charge < -0.3 is 0 Å². The van der Waals surface area contributed by atoms with E-state index in [1.807, 2.05) is 0 Å². The molecule has 0 heterocycles. The Balaban J connectivity index is 2.63. The van der Waals surface area contributed by atoms with E-state index in [2.05, 4.69) is 77.6 Å². The normalized spacial score (nSPS) is 11.3. The third kappa shape index (κ3) is 7.41. The Hall–Kier alpha value is -1.21. The molecule has 0 spiro atoms. The fourth-order valence-electron chi connectivity index (χ4n) is 4.75. The second-order valence-electron chi connectivity index (χ2n) is 9.07. The van der Waals surface area contributed by atoms with Crippen LogP contribution in [0.5, 0.6) is 0 Å². The van der Waals surface area contributed by atoms with Gasteiger partial charge in [0.25, 0.3) is 0 Å². The standard InChI is InChI=1S/C30H46S/c1-7-13-23-19-25(15-9-3)27(17-11-5)29(21-23)31-30-22-24(14-8-2)20-26(16-10-4)28(30)18-12-6/h19-22H,7-18H2,1-6H3. The van der Waals surface area contributed by atoms with Crippen LogP contribution in [-0.2, 0) is 38.5 Å². The third-order valence-electron chi connectivity index (χ3n) is 6.06. The maximum atomic E-state index is 2.53. The molecule has 0 saturated heterocycles. The molecule has 31 heavy (non-hydrogen) atoms. The van der Waals surface area contributed by atoms with Gasteiger partial charge in [0, 0.05) is 9.79 Å². The molecule has 0 atom stereocenters. The second kappa shape index (κ2) is 14.0. The average molecular weight is 439 g/mol. The average Bonchev–Trinajstić information content (AvgIpc) is 2.74. The number of benzene rings is 2. The van der Waals surface area contributed by atoms with Gasteiger partial charge in [0.1, 0.15) is 0 Å². The highest BCUT2D eigenvalue weighted by Crippen LogP contribution is 2.39. The zero-order valence-corrected chi connectivity index (χ0v) is 22.0. The van der Waals surface area contributed by atoms with E-state index in [4.69, 9.17) is 0 Å². The van der Waals surface area contributed by atoms with Crippen molar-refractivity contribution in [2.24, 2.45) is 0 Å². The van der Waals surface area contributed by atoms with Gasteiger partial charge in [-0.2, -0.15) is 0 Å². The SMILES string of the molecule is CCCc1cc(CCC)c(CCC)c(Sc2cc(CCC)cc(CCC)c2CCC)c1. The van der Waals surface area contributed by atoms with Gasteiger partial charge >= 0.3 is 0 Å². The van der Waals surface area contributed by atoms with Crippen LogP contribution in [0.15, 0.2) is 34.1 Å². The van der Waals surface area contributed by atoms with Crippen molar-refractivity contribution in [3.63, 3.8) is 0 Å². The molecule has 2 aromatic carbocycles. The highest BCUT2D eigenvalue weighted by Gasteiger charge is 2.16. The summed E-state index contributed by atoms with van der Waals surface area (Å²) in [4.78, 5) is 3.06. The highest BCUT2D eigenvalue weighted by atomic mass is 32.2. The summed E-state index contributed by atoms with van der Waals surface area (Å²) in [5.74, 6) is 0. The van der Waals surface area contributed by atoms with Crippen molar-refractivity contribution in [1.82, 2.24) is 0 Å². The van der Waals surface area contributed by atoms with Crippen LogP contribution >= 0.6 is 11.8 Å². The van der Waals surface area contributed by atoms with Crippen molar-refractivity contribution < 1.29 is 0 Å². The third-order valence-corrected chi connectivity index (χ3v) is 7.23. The Labute approximate surface area is 197 Å².